The van der Waals surface area contributed by atoms with Crippen molar-refractivity contribution in [3.05, 3.63) is 117 Å². The minimum Gasteiger partial charge on any atom is -0.273 e. The van der Waals surface area contributed by atoms with Crippen molar-refractivity contribution in [3.63, 3.8) is 0 Å². The van der Waals surface area contributed by atoms with E-state index in [1.807, 2.05) is 43.3 Å². The number of hydrogen-bond acceptors (Lipinski definition) is 3. The molecule has 1 saturated heterocycles. The first-order valence-electron chi connectivity index (χ1n) is 12.0. The molecule has 6 heteroatoms. The van der Waals surface area contributed by atoms with Gasteiger partial charge in [0.15, 0.2) is 0 Å². The Labute approximate surface area is 220 Å². The number of carbonyl (C=O) groups excluding carboxylic acids is 3. The first-order chi connectivity index (χ1) is 17.7. The van der Waals surface area contributed by atoms with Crippen molar-refractivity contribution in [1.82, 2.24) is 5.32 Å². The number of imide groups is 2. The molecule has 0 bridgehead atoms. The number of halogens is 1. The van der Waals surface area contributed by atoms with E-state index >= 15 is 0 Å². The molecular formula is C31H25ClN2O3. The van der Waals surface area contributed by atoms with E-state index in [2.05, 4.69) is 37.4 Å². The molecule has 0 spiro atoms. The van der Waals surface area contributed by atoms with Gasteiger partial charge in [-0.2, -0.15) is 0 Å². The summed E-state index contributed by atoms with van der Waals surface area (Å²) >= 11 is 6.26. The molecule has 5 nitrogen and oxygen atoms in total. The van der Waals surface area contributed by atoms with Gasteiger partial charge in [-0.25, -0.2) is 9.69 Å². The monoisotopic (exact) mass is 508 g/mol. The highest BCUT2D eigenvalue weighted by Crippen LogP contribution is 2.30. The molecule has 184 valence electrons. The van der Waals surface area contributed by atoms with Crippen LogP contribution in [0, 0.1) is 20.8 Å². The Bertz CT molecular complexity index is 1620. The second-order valence-electron chi connectivity index (χ2n) is 9.42. The standard InChI is InChI=1S/C31H25ClN2O3/c1-18-12-19(2)14-21(13-18)15-23-10-9-22-6-4-5-7-25(22)26(23)17-27-29(35)33-31(37)34(30(27)36)24-11-8-20(3)28(32)16-24/h4-14,16-17H,15H2,1-3H3,(H,33,35,37)/b27-17+. The van der Waals surface area contributed by atoms with Crippen LogP contribution in [0.2, 0.25) is 5.02 Å². The maximum absolute atomic E-state index is 13.6. The van der Waals surface area contributed by atoms with E-state index in [-0.39, 0.29) is 5.57 Å². The third-order valence-corrected chi connectivity index (χ3v) is 6.95. The molecule has 1 N–H and O–H groups in total. The summed E-state index contributed by atoms with van der Waals surface area (Å²) in [5.74, 6) is -1.42. The van der Waals surface area contributed by atoms with Crippen LogP contribution in [0.1, 0.15) is 33.4 Å². The molecule has 0 aromatic heterocycles. The number of aryl methyl sites for hydroxylation is 3. The molecule has 0 unspecified atom stereocenters. The summed E-state index contributed by atoms with van der Waals surface area (Å²) in [5.41, 5.74) is 6.21. The van der Waals surface area contributed by atoms with E-state index in [0.717, 1.165) is 37.9 Å². The highest BCUT2D eigenvalue weighted by molar-refractivity contribution is 6.39. The number of carbonyl (C=O) groups is 3. The summed E-state index contributed by atoms with van der Waals surface area (Å²) in [7, 11) is 0. The summed E-state index contributed by atoms with van der Waals surface area (Å²) < 4.78 is 0. The molecule has 0 radical (unpaired) electrons. The molecular weight excluding hydrogens is 484 g/mol. The Kier molecular flexibility index (Phi) is 6.40. The number of anilines is 1. The maximum Gasteiger partial charge on any atom is 0.335 e. The van der Waals surface area contributed by atoms with Gasteiger partial charge in [0.05, 0.1) is 5.69 Å². The number of urea groups is 1. The molecule has 0 saturated carbocycles. The van der Waals surface area contributed by atoms with Gasteiger partial charge in [-0.1, -0.05) is 83.4 Å². The lowest BCUT2D eigenvalue weighted by atomic mass is 9.91. The van der Waals surface area contributed by atoms with Crippen molar-refractivity contribution in [1.29, 1.82) is 0 Å². The fourth-order valence-corrected chi connectivity index (χ4v) is 4.99. The molecule has 4 amide bonds. The van der Waals surface area contributed by atoms with Gasteiger partial charge in [0.25, 0.3) is 11.8 Å². The van der Waals surface area contributed by atoms with Crippen LogP contribution in [0.3, 0.4) is 0 Å². The Balaban J connectivity index is 1.65. The minimum atomic E-state index is -0.805. The molecule has 0 aliphatic carbocycles. The number of nitrogens with zero attached hydrogens (tertiary/aromatic N) is 1. The Morgan fingerprint density at radius 3 is 2.32 bits per heavy atom. The zero-order valence-corrected chi connectivity index (χ0v) is 21.5. The minimum absolute atomic E-state index is 0.116. The first-order valence-corrected chi connectivity index (χ1v) is 12.3. The van der Waals surface area contributed by atoms with Crippen LogP contribution in [-0.2, 0) is 16.0 Å². The lowest BCUT2D eigenvalue weighted by molar-refractivity contribution is -0.122. The van der Waals surface area contributed by atoms with Crippen LogP contribution in [0.4, 0.5) is 10.5 Å². The highest BCUT2D eigenvalue weighted by Gasteiger charge is 2.37. The topological polar surface area (TPSA) is 66.5 Å². The van der Waals surface area contributed by atoms with Crippen LogP contribution in [0.25, 0.3) is 16.8 Å². The molecule has 1 aliphatic rings. The zero-order valence-electron chi connectivity index (χ0n) is 20.8. The molecule has 1 heterocycles. The normalized spacial score (nSPS) is 15.0. The van der Waals surface area contributed by atoms with Crippen LogP contribution in [-0.4, -0.2) is 17.8 Å². The quantitative estimate of drug-likeness (QED) is 0.247. The molecule has 4 aromatic rings. The van der Waals surface area contributed by atoms with Gasteiger partial charge in [0.1, 0.15) is 5.57 Å². The van der Waals surface area contributed by atoms with Crippen LogP contribution < -0.4 is 10.2 Å². The summed E-state index contributed by atoms with van der Waals surface area (Å²) in [5, 5.41) is 4.63. The number of benzene rings is 4. The van der Waals surface area contributed by atoms with Crippen molar-refractivity contribution in [2.75, 3.05) is 4.90 Å². The molecule has 37 heavy (non-hydrogen) atoms. The van der Waals surface area contributed by atoms with Crippen molar-refractivity contribution < 1.29 is 14.4 Å². The van der Waals surface area contributed by atoms with E-state index in [0.29, 0.717) is 17.1 Å². The van der Waals surface area contributed by atoms with E-state index in [1.165, 1.54) is 11.1 Å². The molecule has 1 aliphatic heterocycles. The van der Waals surface area contributed by atoms with Crippen molar-refractivity contribution in [2.24, 2.45) is 0 Å². The number of amides is 4. The summed E-state index contributed by atoms with van der Waals surface area (Å²) in [4.78, 5) is 40.2. The van der Waals surface area contributed by atoms with E-state index in [9.17, 15) is 14.4 Å². The summed E-state index contributed by atoms with van der Waals surface area (Å²) in [6.45, 7) is 5.96. The molecule has 4 aromatic carbocycles. The van der Waals surface area contributed by atoms with Crippen LogP contribution in [0.5, 0.6) is 0 Å². The van der Waals surface area contributed by atoms with Crippen molar-refractivity contribution in [3.8, 4) is 0 Å². The van der Waals surface area contributed by atoms with Gasteiger partial charge in [-0.05, 0) is 78.4 Å². The number of barbiturate groups is 1. The largest absolute Gasteiger partial charge is 0.335 e. The molecule has 0 atom stereocenters. The number of rotatable bonds is 4. The Morgan fingerprint density at radius 2 is 1.59 bits per heavy atom. The number of nitrogens with one attached hydrogen (secondary N) is 1. The van der Waals surface area contributed by atoms with Crippen molar-refractivity contribution in [2.45, 2.75) is 27.2 Å². The zero-order chi connectivity index (χ0) is 26.3. The van der Waals surface area contributed by atoms with E-state index in [4.69, 9.17) is 11.6 Å². The summed E-state index contributed by atoms with van der Waals surface area (Å²) in [6.07, 6.45) is 2.23. The summed E-state index contributed by atoms with van der Waals surface area (Å²) in [6, 6.07) is 22.4. The predicted molar refractivity (Wildman–Crippen MR) is 148 cm³/mol. The van der Waals surface area contributed by atoms with Gasteiger partial charge >= 0.3 is 6.03 Å². The van der Waals surface area contributed by atoms with E-state index < -0.39 is 17.8 Å². The second kappa shape index (κ2) is 9.68. The average Bonchev–Trinajstić information content (AvgIpc) is 2.84. The average molecular weight is 509 g/mol. The molecule has 1 fully saturated rings. The first kappa shape index (κ1) is 24.5. The van der Waals surface area contributed by atoms with Crippen LogP contribution in [0.15, 0.2) is 78.4 Å². The fourth-order valence-electron chi connectivity index (χ4n) is 4.81. The smallest absolute Gasteiger partial charge is 0.273 e. The van der Waals surface area contributed by atoms with Crippen molar-refractivity contribution >= 4 is 52.0 Å². The Hall–Kier alpha value is -4.22. The Morgan fingerprint density at radius 1 is 0.865 bits per heavy atom. The van der Waals surface area contributed by atoms with Gasteiger partial charge < -0.3 is 0 Å². The van der Waals surface area contributed by atoms with Gasteiger partial charge in [-0.15, -0.1) is 0 Å². The second-order valence-corrected chi connectivity index (χ2v) is 9.83. The van der Waals surface area contributed by atoms with Gasteiger partial charge in [-0.3, -0.25) is 14.9 Å². The predicted octanol–water partition coefficient (Wildman–Crippen LogP) is 6.68. The van der Waals surface area contributed by atoms with Gasteiger partial charge in [0.2, 0.25) is 0 Å². The third kappa shape index (κ3) is 4.78. The number of hydrogen-bond donors (Lipinski definition) is 1. The third-order valence-electron chi connectivity index (χ3n) is 6.54. The van der Waals surface area contributed by atoms with E-state index in [1.54, 1.807) is 24.3 Å². The lowest BCUT2D eigenvalue weighted by Gasteiger charge is -2.27. The number of fused-ring (bicyclic) bond motifs is 1. The van der Waals surface area contributed by atoms with Gasteiger partial charge in [0, 0.05) is 5.02 Å². The molecule has 5 rings (SSSR count). The van der Waals surface area contributed by atoms with Crippen LogP contribution >= 0.6 is 11.6 Å². The fraction of sp³-hybridized carbons (Fsp3) is 0.129. The lowest BCUT2D eigenvalue weighted by Crippen LogP contribution is -2.54. The maximum atomic E-state index is 13.6. The highest BCUT2D eigenvalue weighted by atomic mass is 35.5. The SMILES string of the molecule is Cc1cc(C)cc(Cc2ccc3ccccc3c2/C=C2\C(=O)NC(=O)N(c3ccc(C)c(Cl)c3)C2=O)c1.